The van der Waals surface area contributed by atoms with E-state index in [4.69, 9.17) is 9.26 Å². The van der Waals surface area contributed by atoms with E-state index >= 15 is 0 Å². The number of hydrogen-bond acceptors (Lipinski definition) is 8. The lowest BCUT2D eigenvalue weighted by Gasteiger charge is -2.27. The summed E-state index contributed by atoms with van der Waals surface area (Å²) >= 11 is 0. The highest BCUT2D eigenvalue weighted by molar-refractivity contribution is 5.53. The molecule has 28 heavy (non-hydrogen) atoms. The van der Waals surface area contributed by atoms with Gasteiger partial charge in [-0.15, -0.1) is 0 Å². The maximum Gasteiger partial charge on any atom is 0.257 e. The Kier molecular flexibility index (Phi) is 5.77. The summed E-state index contributed by atoms with van der Waals surface area (Å²) in [5.41, 5.74) is 2.17. The van der Waals surface area contributed by atoms with Crippen molar-refractivity contribution in [3.05, 3.63) is 48.0 Å². The van der Waals surface area contributed by atoms with Crippen molar-refractivity contribution >= 4 is 11.6 Å². The normalized spacial score (nSPS) is 14.2. The van der Waals surface area contributed by atoms with Gasteiger partial charge in [0.05, 0.1) is 13.2 Å². The Balaban J connectivity index is 1.31. The third kappa shape index (κ3) is 4.45. The van der Waals surface area contributed by atoms with Gasteiger partial charge in [0, 0.05) is 37.7 Å². The number of morpholine rings is 1. The Morgan fingerprint density at radius 1 is 1.11 bits per heavy atom. The second-order valence-corrected chi connectivity index (χ2v) is 6.60. The average molecular weight is 380 g/mol. The van der Waals surface area contributed by atoms with Crippen molar-refractivity contribution in [2.75, 3.05) is 43.1 Å². The van der Waals surface area contributed by atoms with Crippen LogP contribution in [0.2, 0.25) is 0 Å². The van der Waals surface area contributed by atoms with Crippen molar-refractivity contribution in [3.63, 3.8) is 0 Å². The van der Waals surface area contributed by atoms with Crippen LogP contribution >= 0.6 is 0 Å². The molecule has 0 spiro atoms. The van der Waals surface area contributed by atoms with Crippen LogP contribution in [0.15, 0.2) is 41.2 Å². The molecule has 1 N–H and O–H groups in total. The predicted molar refractivity (Wildman–Crippen MR) is 106 cm³/mol. The van der Waals surface area contributed by atoms with Crippen LogP contribution in [-0.4, -0.2) is 53.0 Å². The number of anilines is 2. The first kappa shape index (κ1) is 18.4. The van der Waals surface area contributed by atoms with Gasteiger partial charge in [0.2, 0.25) is 0 Å². The maximum atomic E-state index is 5.39. The fourth-order valence-corrected chi connectivity index (χ4v) is 3.07. The number of aryl methyl sites for hydroxylation is 1. The molecule has 1 aliphatic heterocycles. The van der Waals surface area contributed by atoms with E-state index in [9.17, 15) is 0 Å². The van der Waals surface area contributed by atoms with Gasteiger partial charge in [-0.25, -0.2) is 9.97 Å². The van der Waals surface area contributed by atoms with E-state index in [1.165, 1.54) is 5.56 Å². The molecule has 0 saturated carbocycles. The molecule has 1 saturated heterocycles. The molecule has 8 heteroatoms. The van der Waals surface area contributed by atoms with E-state index in [0.717, 1.165) is 68.7 Å². The second kappa shape index (κ2) is 8.79. The molecule has 1 aromatic carbocycles. The molecule has 8 nitrogen and oxygen atoms in total. The maximum absolute atomic E-state index is 5.39. The van der Waals surface area contributed by atoms with E-state index in [1.54, 1.807) is 6.33 Å². The number of nitrogens with zero attached hydrogens (tertiary/aromatic N) is 5. The van der Waals surface area contributed by atoms with Crippen LogP contribution in [0.5, 0.6) is 0 Å². The molecule has 146 valence electrons. The average Bonchev–Trinajstić information content (AvgIpc) is 3.24. The fourth-order valence-electron chi connectivity index (χ4n) is 3.07. The fraction of sp³-hybridized carbons (Fsp3) is 0.400. The highest BCUT2D eigenvalue weighted by atomic mass is 16.5. The van der Waals surface area contributed by atoms with E-state index in [2.05, 4.69) is 42.5 Å². The van der Waals surface area contributed by atoms with Crippen LogP contribution < -0.4 is 10.2 Å². The molecule has 4 rings (SSSR count). The number of ether oxygens (including phenoxy) is 1. The summed E-state index contributed by atoms with van der Waals surface area (Å²) in [6, 6.07) is 10.2. The molecular weight excluding hydrogens is 356 g/mol. The molecule has 2 aromatic heterocycles. The SMILES string of the molecule is CCc1noc(-c2ccc(CCNc3cc(N4CCOCC4)ncn3)cc2)n1. The molecule has 0 amide bonds. The minimum absolute atomic E-state index is 0.568. The van der Waals surface area contributed by atoms with Crippen LogP contribution in [-0.2, 0) is 17.6 Å². The van der Waals surface area contributed by atoms with Crippen molar-refractivity contribution < 1.29 is 9.26 Å². The quantitative estimate of drug-likeness (QED) is 0.669. The van der Waals surface area contributed by atoms with Gasteiger partial charge in [-0.05, 0) is 24.1 Å². The summed E-state index contributed by atoms with van der Waals surface area (Å²) in [7, 11) is 0. The molecule has 1 aliphatic rings. The van der Waals surface area contributed by atoms with E-state index in [1.807, 2.05) is 25.1 Å². The highest BCUT2D eigenvalue weighted by Crippen LogP contribution is 2.19. The summed E-state index contributed by atoms with van der Waals surface area (Å²) in [5.74, 6) is 3.07. The van der Waals surface area contributed by atoms with Gasteiger partial charge in [0.1, 0.15) is 18.0 Å². The van der Waals surface area contributed by atoms with Crippen molar-refractivity contribution in [2.45, 2.75) is 19.8 Å². The van der Waals surface area contributed by atoms with E-state index in [-0.39, 0.29) is 0 Å². The Morgan fingerprint density at radius 3 is 2.68 bits per heavy atom. The molecule has 1 fully saturated rings. The zero-order chi connectivity index (χ0) is 19.2. The number of benzene rings is 1. The monoisotopic (exact) mass is 380 g/mol. The number of aromatic nitrogens is 4. The number of hydrogen-bond donors (Lipinski definition) is 1. The first-order valence-corrected chi connectivity index (χ1v) is 9.62. The van der Waals surface area contributed by atoms with Gasteiger partial charge in [0.15, 0.2) is 5.82 Å². The zero-order valence-corrected chi connectivity index (χ0v) is 16.0. The summed E-state index contributed by atoms with van der Waals surface area (Å²) in [5, 5.41) is 7.32. The topological polar surface area (TPSA) is 89.2 Å². The molecule has 0 bridgehead atoms. The summed E-state index contributed by atoms with van der Waals surface area (Å²) in [4.78, 5) is 15.3. The second-order valence-electron chi connectivity index (χ2n) is 6.60. The predicted octanol–water partition coefficient (Wildman–Crippen LogP) is 2.58. The highest BCUT2D eigenvalue weighted by Gasteiger charge is 2.13. The first-order valence-electron chi connectivity index (χ1n) is 9.62. The van der Waals surface area contributed by atoms with Gasteiger partial charge in [-0.1, -0.05) is 24.2 Å². The van der Waals surface area contributed by atoms with Gasteiger partial charge in [0.25, 0.3) is 5.89 Å². The van der Waals surface area contributed by atoms with E-state index in [0.29, 0.717) is 5.89 Å². The molecule has 0 aliphatic carbocycles. The van der Waals surface area contributed by atoms with Gasteiger partial charge >= 0.3 is 0 Å². The minimum atomic E-state index is 0.568. The van der Waals surface area contributed by atoms with Gasteiger partial charge in [-0.3, -0.25) is 0 Å². The lowest BCUT2D eigenvalue weighted by Crippen LogP contribution is -2.36. The summed E-state index contributed by atoms with van der Waals surface area (Å²) in [6.45, 7) is 6.01. The van der Waals surface area contributed by atoms with Crippen molar-refractivity contribution in [1.82, 2.24) is 20.1 Å². The Labute approximate surface area is 164 Å². The first-order chi connectivity index (χ1) is 13.8. The molecule has 0 atom stereocenters. The Hall–Kier alpha value is -3.00. The number of rotatable bonds is 7. The van der Waals surface area contributed by atoms with Gasteiger partial charge in [-0.2, -0.15) is 4.98 Å². The van der Waals surface area contributed by atoms with Crippen LogP contribution in [0.25, 0.3) is 11.5 Å². The third-order valence-corrected chi connectivity index (χ3v) is 4.69. The molecular formula is C20H24N6O2. The van der Waals surface area contributed by atoms with Gasteiger partial charge < -0.3 is 19.5 Å². The summed E-state index contributed by atoms with van der Waals surface area (Å²) < 4.78 is 10.7. The lowest BCUT2D eigenvalue weighted by molar-refractivity contribution is 0.122. The minimum Gasteiger partial charge on any atom is -0.378 e. The standard InChI is InChI=1S/C20H24N6O2/c1-2-17-24-20(28-25-17)16-5-3-15(4-6-16)7-8-21-18-13-19(23-14-22-18)26-9-11-27-12-10-26/h3-6,13-14H,2,7-12H2,1H3,(H,21,22,23). The third-order valence-electron chi connectivity index (χ3n) is 4.69. The Morgan fingerprint density at radius 2 is 1.93 bits per heavy atom. The zero-order valence-electron chi connectivity index (χ0n) is 16.0. The van der Waals surface area contributed by atoms with Crippen LogP contribution in [0, 0.1) is 0 Å². The molecule has 0 radical (unpaired) electrons. The van der Waals surface area contributed by atoms with Crippen molar-refractivity contribution in [2.24, 2.45) is 0 Å². The van der Waals surface area contributed by atoms with Crippen molar-refractivity contribution in [3.8, 4) is 11.5 Å². The van der Waals surface area contributed by atoms with Crippen LogP contribution in [0.3, 0.4) is 0 Å². The molecule has 0 unspecified atom stereocenters. The number of nitrogens with one attached hydrogen (secondary N) is 1. The molecule has 3 aromatic rings. The smallest absolute Gasteiger partial charge is 0.257 e. The van der Waals surface area contributed by atoms with Crippen LogP contribution in [0.1, 0.15) is 18.3 Å². The lowest BCUT2D eigenvalue weighted by atomic mass is 10.1. The summed E-state index contributed by atoms with van der Waals surface area (Å²) in [6.07, 6.45) is 3.27. The van der Waals surface area contributed by atoms with E-state index < -0.39 is 0 Å². The largest absolute Gasteiger partial charge is 0.378 e. The van der Waals surface area contributed by atoms with Crippen molar-refractivity contribution in [1.29, 1.82) is 0 Å². The molecule has 3 heterocycles. The van der Waals surface area contributed by atoms with Crippen LogP contribution in [0.4, 0.5) is 11.6 Å². The Bertz CT molecular complexity index is 890.